The maximum Gasteiger partial charge on any atom is 0.321 e. The molecule has 6 nitrogen and oxygen atoms in total. The number of thiocarbonyl (C=S) groups is 1. The largest absolute Gasteiger partial charge is 0.465 e. The summed E-state index contributed by atoms with van der Waals surface area (Å²) in [5, 5.41) is 0. The standard InChI is InChI=1S/C12H16N2O4S2/c1-3-18-11(15)7-14-20(16,17)10-6-9(12(13)19)5-4-8(10)2/h4-6,14H,3,7H2,1-2H3,(H2,13,19). The summed E-state index contributed by atoms with van der Waals surface area (Å²) in [4.78, 5) is 11.3. The van der Waals surface area contributed by atoms with Crippen LogP contribution in [-0.2, 0) is 19.6 Å². The van der Waals surface area contributed by atoms with E-state index in [1.807, 2.05) is 0 Å². The molecule has 0 aromatic heterocycles. The van der Waals surface area contributed by atoms with Crippen molar-refractivity contribution in [3.63, 3.8) is 0 Å². The van der Waals surface area contributed by atoms with Gasteiger partial charge in [0.1, 0.15) is 11.5 Å². The monoisotopic (exact) mass is 316 g/mol. The van der Waals surface area contributed by atoms with Gasteiger partial charge in [0, 0.05) is 5.56 Å². The van der Waals surface area contributed by atoms with Crippen LogP contribution >= 0.6 is 12.2 Å². The third-order valence-electron chi connectivity index (χ3n) is 2.47. The van der Waals surface area contributed by atoms with Crippen molar-refractivity contribution >= 4 is 33.2 Å². The van der Waals surface area contributed by atoms with Gasteiger partial charge in [-0.25, -0.2) is 8.42 Å². The number of hydrogen-bond donors (Lipinski definition) is 2. The summed E-state index contributed by atoms with van der Waals surface area (Å²) >= 11 is 4.82. The molecule has 0 aliphatic carbocycles. The van der Waals surface area contributed by atoms with Crippen molar-refractivity contribution in [2.24, 2.45) is 5.73 Å². The van der Waals surface area contributed by atoms with Gasteiger partial charge in [0.05, 0.1) is 11.5 Å². The van der Waals surface area contributed by atoms with E-state index in [1.165, 1.54) is 6.07 Å². The van der Waals surface area contributed by atoms with Gasteiger partial charge in [-0.2, -0.15) is 4.72 Å². The van der Waals surface area contributed by atoms with E-state index in [4.69, 9.17) is 18.0 Å². The number of carbonyl (C=O) groups excluding carboxylic acids is 1. The van der Waals surface area contributed by atoms with E-state index in [0.29, 0.717) is 11.1 Å². The van der Waals surface area contributed by atoms with E-state index in [-0.39, 0.29) is 16.5 Å². The molecule has 0 saturated carbocycles. The SMILES string of the molecule is CCOC(=O)CNS(=O)(=O)c1cc(C(N)=S)ccc1C. The number of ether oxygens (including phenoxy) is 1. The predicted molar refractivity (Wildman–Crippen MR) is 78.9 cm³/mol. The third-order valence-corrected chi connectivity index (χ3v) is 4.25. The van der Waals surface area contributed by atoms with Crippen LogP contribution in [0.3, 0.4) is 0 Å². The van der Waals surface area contributed by atoms with Crippen molar-refractivity contribution in [1.82, 2.24) is 4.72 Å². The smallest absolute Gasteiger partial charge is 0.321 e. The summed E-state index contributed by atoms with van der Waals surface area (Å²) in [7, 11) is -3.83. The van der Waals surface area contributed by atoms with Crippen molar-refractivity contribution in [1.29, 1.82) is 0 Å². The maximum absolute atomic E-state index is 12.1. The van der Waals surface area contributed by atoms with Gasteiger partial charge in [0.15, 0.2) is 0 Å². The second-order valence-corrected chi connectivity index (χ2v) is 6.15. The molecular weight excluding hydrogens is 300 g/mol. The highest BCUT2D eigenvalue weighted by Gasteiger charge is 2.19. The molecule has 0 heterocycles. The third kappa shape index (κ3) is 4.26. The minimum Gasteiger partial charge on any atom is -0.465 e. The van der Waals surface area contributed by atoms with Crippen LogP contribution in [0.5, 0.6) is 0 Å². The second kappa shape index (κ2) is 6.78. The van der Waals surface area contributed by atoms with Crippen LogP contribution < -0.4 is 10.5 Å². The number of aryl methyl sites for hydroxylation is 1. The van der Waals surface area contributed by atoms with E-state index in [1.54, 1.807) is 26.0 Å². The van der Waals surface area contributed by atoms with Gasteiger partial charge >= 0.3 is 5.97 Å². The Labute approximate surface area is 123 Å². The van der Waals surface area contributed by atoms with E-state index in [9.17, 15) is 13.2 Å². The molecule has 1 rings (SSSR count). The molecule has 0 saturated heterocycles. The molecule has 1 aromatic rings. The summed E-state index contributed by atoms with van der Waals surface area (Å²) in [6.07, 6.45) is 0. The Balaban J connectivity index is 3.00. The van der Waals surface area contributed by atoms with Gasteiger partial charge in [-0.3, -0.25) is 4.79 Å². The highest BCUT2D eigenvalue weighted by Crippen LogP contribution is 2.17. The lowest BCUT2D eigenvalue weighted by molar-refractivity contribution is -0.141. The van der Waals surface area contributed by atoms with Crippen molar-refractivity contribution in [2.45, 2.75) is 18.7 Å². The van der Waals surface area contributed by atoms with Gasteiger partial charge < -0.3 is 10.5 Å². The van der Waals surface area contributed by atoms with Gasteiger partial charge in [-0.1, -0.05) is 24.4 Å². The lowest BCUT2D eigenvalue weighted by Crippen LogP contribution is -2.31. The van der Waals surface area contributed by atoms with Crippen molar-refractivity contribution in [2.75, 3.05) is 13.2 Å². The Morgan fingerprint density at radius 1 is 1.45 bits per heavy atom. The first-order chi connectivity index (χ1) is 9.27. The van der Waals surface area contributed by atoms with Crippen LogP contribution in [0.2, 0.25) is 0 Å². The van der Waals surface area contributed by atoms with Gasteiger partial charge in [-0.05, 0) is 25.5 Å². The van der Waals surface area contributed by atoms with Gasteiger partial charge in [0.2, 0.25) is 10.0 Å². The fraction of sp³-hybridized carbons (Fsp3) is 0.333. The Morgan fingerprint density at radius 2 is 2.10 bits per heavy atom. The molecule has 3 N–H and O–H groups in total. The number of sulfonamides is 1. The molecule has 1 aromatic carbocycles. The number of esters is 1. The lowest BCUT2D eigenvalue weighted by atomic mass is 10.1. The van der Waals surface area contributed by atoms with Crippen LogP contribution in [0.15, 0.2) is 23.1 Å². The first-order valence-corrected chi connectivity index (χ1v) is 7.72. The molecule has 0 fully saturated rings. The van der Waals surface area contributed by atoms with Crippen LogP contribution in [0.25, 0.3) is 0 Å². The van der Waals surface area contributed by atoms with E-state index < -0.39 is 22.5 Å². The highest BCUT2D eigenvalue weighted by atomic mass is 32.2. The number of hydrogen-bond acceptors (Lipinski definition) is 5. The van der Waals surface area contributed by atoms with Crippen LogP contribution in [-0.4, -0.2) is 32.5 Å². The predicted octanol–water partition coefficient (Wildman–Crippen LogP) is 0.471. The zero-order valence-corrected chi connectivity index (χ0v) is 12.8. The van der Waals surface area contributed by atoms with Crippen LogP contribution in [0, 0.1) is 6.92 Å². The molecule has 0 radical (unpaired) electrons. The van der Waals surface area contributed by atoms with E-state index >= 15 is 0 Å². The molecular formula is C12H16N2O4S2. The molecule has 0 bridgehead atoms. The molecule has 0 atom stereocenters. The normalized spacial score (nSPS) is 11.1. The Hall–Kier alpha value is -1.51. The first-order valence-electron chi connectivity index (χ1n) is 5.83. The number of carbonyl (C=O) groups is 1. The number of nitrogens with two attached hydrogens (primary N) is 1. The molecule has 110 valence electrons. The molecule has 0 aliphatic rings. The quantitative estimate of drug-likeness (QED) is 0.585. The minimum atomic E-state index is -3.83. The fourth-order valence-electron chi connectivity index (χ4n) is 1.49. The highest BCUT2D eigenvalue weighted by molar-refractivity contribution is 7.89. The molecule has 20 heavy (non-hydrogen) atoms. The average molecular weight is 316 g/mol. The summed E-state index contributed by atoms with van der Waals surface area (Å²) in [5.41, 5.74) is 6.46. The maximum atomic E-state index is 12.1. The number of rotatable bonds is 6. The number of nitrogens with one attached hydrogen (secondary N) is 1. The molecule has 0 amide bonds. The fourth-order valence-corrected chi connectivity index (χ4v) is 2.85. The van der Waals surface area contributed by atoms with Crippen molar-refractivity contribution < 1.29 is 17.9 Å². The summed E-state index contributed by atoms with van der Waals surface area (Å²) in [5.74, 6) is -0.640. The number of benzene rings is 1. The molecule has 8 heteroatoms. The Morgan fingerprint density at radius 3 is 2.65 bits per heavy atom. The summed E-state index contributed by atoms with van der Waals surface area (Å²) in [6.45, 7) is 3.05. The first kappa shape index (κ1) is 16.5. The van der Waals surface area contributed by atoms with E-state index in [2.05, 4.69) is 9.46 Å². The minimum absolute atomic E-state index is 0.0344. The Bertz CT molecular complexity index is 626. The zero-order chi connectivity index (χ0) is 15.3. The summed E-state index contributed by atoms with van der Waals surface area (Å²) < 4.78 is 31.1. The summed E-state index contributed by atoms with van der Waals surface area (Å²) in [6, 6.07) is 4.63. The molecule has 0 spiro atoms. The molecule has 0 aliphatic heterocycles. The molecule has 0 unspecified atom stereocenters. The average Bonchev–Trinajstić information content (AvgIpc) is 2.37. The topological polar surface area (TPSA) is 98.5 Å². The van der Waals surface area contributed by atoms with E-state index in [0.717, 1.165) is 0 Å². The lowest BCUT2D eigenvalue weighted by Gasteiger charge is -2.10. The zero-order valence-electron chi connectivity index (χ0n) is 11.2. The Kier molecular flexibility index (Phi) is 5.61. The van der Waals surface area contributed by atoms with Gasteiger partial charge in [-0.15, -0.1) is 0 Å². The van der Waals surface area contributed by atoms with Crippen LogP contribution in [0.1, 0.15) is 18.1 Å². The van der Waals surface area contributed by atoms with Gasteiger partial charge in [0.25, 0.3) is 0 Å². The van der Waals surface area contributed by atoms with Crippen LogP contribution in [0.4, 0.5) is 0 Å². The second-order valence-electron chi connectivity index (χ2n) is 3.97. The van der Waals surface area contributed by atoms with Crippen molar-refractivity contribution in [3.8, 4) is 0 Å². The van der Waals surface area contributed by atoms with Crippen molar-refractivity contribution in [3.05, 3.63) is 29.3 Å².